The lowest BCUT2D eigenvalue weighted by atomic mass is 9.96. The van der Waals surface area contributed by atoms with Crippen LogP contribution in [0.4, 0.5) is 5.69 Å². The molecule has 0 saturated carbocycles. The number of fused-ring (bicyclic) bond motifs is 1. The van der Waals surface area contributed by atoms with E-state index in [1.54, 1.807) is 0 Å². The lowest BCUT2D eigenvalue weighted by molar-refractivity contribution is -0.116. The summed E-state index contributed by atoms with van der Waals surface area (Å²) in [5, 5.41) is 2.92. The first-order valence-electron chi connectivity index (χ1n) is 5.09. The largest absolute Gasteiger partial charge is 0.326 e. The molecule has 0 radical (unpaired) electrons. The minimum absolute atomic E-state index is 0.137. The van der Waals surface area contributed by atoms with Crippen LogP contribution in [0.15, 0.2) is 18.2 Å². The first-order valence-corrected chi connectivity index (χ1v) is 5.09. The van der Waals surface area contributed by atoms with Crippen LogP contribution in [0.2, 0.25) is 0 Å². The second kappa shape index (κ2) is 3.45. The van der Waals surface area contributed by atoms with Crippen molar-refractivity contribution in [3.05, 3.63) is 29.3 Å². The minimum atomic E-state index is 0.137. The van der Waals surface area contributed by atoms with E-state index in [0.717, 1.165) is 12.1 Å². The zero-order chi connectivity index (χ0) is 10.1. The van der Waals surface area contributed by atoms with E-state index in [9.17, 15) is 4.79 Å². The summed E-state index contributed by atoms with van der Waals surface area (Å²) in [5.74, 6) is 0.650. The zero-order valence-electron chi connectivity index (χ0n) is 8.63. The van der Waals surface area contributed by atoms with Crippen LogP contribution >= 0.6 is 0 Å². The first kappa shape index (κ1) is 9.25. The van der Waals surface area contributed by atoms with E-state index in [1.807, 2.05) is 0 Å². The topological polar surface area (TPSA) is 29.1 Å². The number of carbonyl (C=O) groups excluding carboxylic acids is 1. The van der Waals surface area contributed by atoms with Gasteiger partial charge >= 0.3 is 0 Å². The molecule has 0 atom stereocenters. The molecule has 0 fully saturated rings. The first-order chi connectivity index (χ1) is 6.66. The zero-order valence-corrected chi connectivity index (χ0v) is 8.63. The lowest BCUT2D eigenvalue weighted by Crippen LogP contribution is -2.19. The molecule has 1 amide bonds. The highest BCUT2D eigenvalue weighted by Gasteiger charge is 2.14. The number of hydrogen-bond donors (Lipinski definition) is 1. The van der Waals surface area contributed by atoms with Gasteiger partial charge in [-0.15, -0.1) is 0 Å². The lowest BCUT2D eigenvalue weighted by Gasteiger charge is -2.18. The van der Waals surface area contributed by atoms with Crippen molar-refractivity contribution in [2.45, 2.75) is 32.6 Å². The van der Waals surface area contributed by atoms with Gasteiger partial charge in [0.25, 0.3) is 0 Å². The summed E-state index contributed by atoms with van der Waals surface area (Å²) in [6.45, 7) is 4.32. The van der Waals surface area contributed by atoms with Gasteiger partial charge in [-0.1, -0.05) is 26.0 Å². The molecule has 2 heteroatoms. The van der Waals surface area contributed by atoms with Gasteiger partial charge in [0, 0.05) is 12.1 Å². The number of aryl methyl sites for hydroxylation is 1. The Labute approximate surface area is 84.3 Å². The quantitative estimate of drug-likeness (QED) is 0.723. The molecule has 1 heterocycles. The molecule has 1 aliphatic rings. The van der Waals surface area contributed by atoms with E-state index in [-0.39, 0.29) is 5.91 Å². The van der Waals surface area contributed by atoms with Gasteiger partial charge in [0.1, 0.15) is 0 Å². The monoisotopic (exact) mass is 189 g/mol. The Morgan fingerprint density at radius 1 is 1.29 bits per heavy atom. The highest BCUT2D eigenvalue weighted by Crippen LogP contribution is 2.26. The molecule has 1 N–H and O–H groups in total. The number of carbonyl (C=O) groups is 1. The van der Waals surface area contributed by atoms with Gasteiger partial charge in [-0.05, 0) is 29.5 Å². The summed E-state index contributed by atoms with van der Waals surface area (Å²) >= 11 is 0. The van der Waals surface area contributed by atoms with Crippen LogP contribution in [0.3, 0.4) is 0 Å². The summed E-state index contributed by atoms with van der Waals surface area (Å²) in [5.41, 5.74) is 3.55. The van der Waals surface area contributed by atoms with E-state index in [1.165, 1.54) is 11.1 Å². The average molecular weight is 189 g/mol. The fraction of sp³-hybridized carbons (Fsp3) is 0.417. The third kappa shape index (κ3) is 1.65. The van der Waals surface area contributed by atoms with E-state index in [0.29, 0.717) is 12.3 Å². The van der Waals surface area contributed by atoms with Crippen LogP contribution in [0.5, 0.6) is 0 Å². The molecule has 0 aliphatic carbocycles. The van der Waals surface area contributed by atoms with Gasteiger partial charge in [-0.2, -0.15) is 0 Å². The smallest absolute Gasteiger partial charge is 0.224 e. The van der Waals surface area contributed by atoms with Crippen molar-refractivity contribution in [3.63, 3.8) is 0 Å². The molecule has 1 aromatic rings. The molecule has 0 bridgehead atoms. The number of benzene rings is 1. The third-order valence-electron chi connectivity index (χ3n) is 2.70. The van der Waals surface area contributed by atoms with Crippen molar-refractivity contribution in [2.24, 2.45) is 0 Å². The highest BCUT2D eigenvalue weighted by atomic mass is 16.1. The molecule has 14 heavy (non-hydrogen) atoms. The summed E-state index contributed by atoms with van der Waals surface area (Å²) in [6, 6.07) is 6.38. The van der Waals surface area contributed by atoms with E-state index < -0.39 is 0 Å². The molecular weight excluding hydrogens is 174 g/mol. The molecule has 0 aromatic heterocycles. The Kier molecular flexibility index (Phi) is 2.28. The van der Waals surface area contributed by atoms with Crippen LogP contribution in [-0.4, -0.2) is 5.91 Å². The van der Waals surface area contributed by atoms with Crippen molar-refractivity contribution >= 4 is 11.6 Å². The number of nitrogens with one attached hydrogen (secondary N) is 1. The van der Waals surface area contributed by atoms with E-state index in [2.05, 4.69) is 37.4 Å². The number of rotatable bonds is 1. The molecule has 2 rings (SSSR count). The molecule has 1 aliphatic heterocycles. The van der Waals surface area contributed by atoms with Crippen molar-refractivity contribution in [1.82, 2.24) is 0 Å². The van der Waals surface area contributed by atoms with Crippen LogP contribution in [0.1, 0.15) is 37.3 Å². The molecule has 0 unspecified atom stereocenters. The summed E-state index contributed by atoms with van der Waals surface area (Å²) in [4.78, 5) is 11.2. The maximum Gasteiger partial charge on any atom is 0.224 e. The van der Waals surface area contributed by atoms with Gasteiger partial charge in [-0.25, -0.2) is 0 Å². The second-order valence-corrected chi connectivity index (χ2v) is 4.12. The van der Waals surface area contributed by atoms with Gasteiger partial charge < -0.3 is 5.32 Å². The molecular formula is C12H15NO. The fourth-order valence-electron chi connectivity index (χ4n) is 1.75. The van der Waals surface area contributed by atoms with E-state index >= 15 is 0 Å². The van der Waals surface area contributed by atoms with Crippen molar-refractivity contribution in [1.29, 1.82) is 0 Å². The Morgan fingerprint density at radius 3 is 2.79 bits per heavy atom. The van der Waals surface area contributed by atoms with Crippen LogP contribution < -0.4 is 5.32 Å². The Bertz CT molecular complexity index is 369. The number of amides is 1. The molecule has 2 nitrogen and oxygen atoms in total. The highest BCUT2D eigenvalue weighted by molar-refractivity contribution is 5.93. The summed E-state index contributed by atoms with van der Waals surface area (Å²) in [6.07, 6.45) is 1.49. The van der Waals surface area contributed by atoms with Gasteiger partial charge in [-0.3, -0.25) is 4.79 Å². The molecule has 74 valence electrons. The number of hydrogen-bond acceptors (Lipinski definition) is 1. The second-order valence-electron chi connectivity index (χ2n) is 4.12. The van der Waals surface area contributed by atoms with Crippen molar-refractivity contribution < 1.29 is 4.79 Å². The molecule has 1 aromatic carbocycles. The van der Waals surface area contributed by atoms with Crippen molar-refractivity contribution in [2.75, 3.05) is 5.32 Å². The minimum Gasteiger partial charge on any atom is -0.326 e. The third-order valence-corrected chi connectivity index (χ3v) is 2.70. The normalized spacial score (nSPS) is 15.2. The van der Waals surface area contributed by atoms with Gasteiger partial charge in [0.2, 0.25) is 5.91 Å². The SMILES string of the molecule is CC(C)c1ccc2c(c1)NC(=O)CC2. The van der Waals surface area contributed by atoms with Gasteiger partial charge in [0.05, 0.1) is 0 Å². The van der Waals surface area contributed by atoms with Crippen LogP contribution in [-0.2, 0) is 11.2 Å². The summed E-state index contributed by atoms with van der Waals surface area (Å²) < 4.78 is 0. The van der Waals surface area contributed by atoms with Crippen LogP contribution in [0, 0.1) is 0 Å². The molecule has 0 saturated heterocycles. The number of anilines is 1. The maximum absolute atomic E-state index is 11.2. The Morgan fingerprint density at radius 2 is 2.07 bits per heavy atom. The predicted molar refractivity (Wildman–Crippen MR) is 57.5 cm³/mol. The average Bonchev–Trinajstić information content (AvgIpc) is 2.16. The Balaban J connectivity index is 2.37. The molecule has 0 spiro atoms. The summed E-state index contributed by atoms with van der Waals surface area (Å²) in [7, 11) is 0. The van der Waals surface area contributed by atoms with Crippen LogP contribution in [0.25, 0.3) is 0 Å². The maximum atomic E-state index is 11.2. The standard InChI is InChI=1S/C12H15NO/c1-8(2)10-4-3-9-5-6-12(14)13-11(9)7-10/h3-4,7-8H,5-6H2,1-2H3,(H,13,14). The van der Waals surface area contributed by atoms with Crippen molar-refractivity contribution in [3.8, 4) is 0 Å². The predicted octanol–water partition coefficient (Wildman–Crippen LogP) is 2.69. The van der Waals surface area contributed by atoms with Gasteiger partial charge in [0.15, 0.2) is 0 Å². The van der Waals surface area contributed by atoms with E-state index in [4.69, 9.17) is 0 Å². The fourth-order valence-corrected chi connectivity index (χ4v) is 1.75. The Hall–Kier alpha value is -1.31.